The van der Waals surface area contributed by atoms with Crippen LogP contribution in [0.5, 0.6) is 0 Å². The van der Waals surface area contributed by atoms with Crippen molar-refractivity contribution in [2.45, 2.75) is 32.6 Å². The van der Waals surface area contributed by atoms with Gasteiger partial charge in [0.1, 0.15) is 0 Å². The molecule has 0 aromatic carbocycles. The first kappa shape index (κ1) is 10.1. The van der Waals surface area contributed by atoms with Gasteiger partial charge in [0.25, 0.3) is 0 Å². The lowest BCUT2D eigenvalue weighted by Crippen LogP contribution is -1.91. The molecule has 1 aliphatic carbocycles. The standard InChI is InChI=1S/C13H15NO/c1-10-6-7-12(9-14-10)11-4-2-3-5-13(15)8-11/h6-9H,2-5H2,1H3. The lowest BCUT2D eigenvalue weighted by atomic mass is 10.0. The quantitative estimate of drug-likeness (QED) is 0.699. The molecule has 0 bridgehead atoms. The van der Waals surface area contributed by atoms with Gasteiger partial charge < -0.3 is 0 Å². The number of nitrogens with zero attached hydrogens (tertiary/aromatic N) is 1. The summed E-state index contributed by atoms with van der Waals surface area (Å²) in [5.41, 5.74) is 3.25. The second-order valence-electron chi connectivity index (χ2n) is 4.03. The maximum Gasteiger partial charge on any atom is 0.155 e. The van der Waals surface area contributed by atoms with E-state index in [1.54, 1.807) is 6.08 Å². The van der Waals surface area contributed by atoms with Crippen molar-refractivity contribution in [3.63, 3.8) is 0 Å². The largest absolute Gasteiger partial charge is 0.295 e. The van der Waals surface area contributed by atoms with Gasteiger partial charge in [0, 0.05) is 18.3 Å². The van der Waals surface area contributed by atoms with E-state index in [0.29, 0.717) is 6.42 Å². The van der Waals surface area contributed by atoms with Crippen molar-refractivity contribution in [1.29, 1.82) is 0 Å². The number of carbonyl (C=O) groups excluding carboxylic acids is 1. The summed E-state index contributed by atoms with van der Waals surface area (Å²) in [4.78, 5) is 15.7. The van der Waals surface area contributed by atoms with Crippen molar-refractivity contribution < 1.29 is 4.79 Å². The van der Waals surface area contributed by atoms with Gasteiger partial charge in [-0.05, 0) is 49.5 Å². The van der Waals surface area contributed by atoms with Crippen LogP contribution in [0, 0.1) is 6.92 Å². The van der Waals surface area contributed by atoms with Crippen molar-refractivity contribution in [1.82, 2.24) is 4.98 Å². The minimum absolute atomic E-state index is 0.253. The Hall–Kier alpha value is -1.44. The van der Waals surface area contributed by atoms with Crippen LogP contribution in [-0.2, 0) is 4.79 Å². The van der Waals surface area contributed by atoms with E-state index in [4.69, 9.17) is 0 Å². The summed E-state index contributed by atoms with van der Waals surface area (Å²) >= 11 is 0. The first-order valence-electron chi connectivity index (χ1n) is 5.42. The molecule has 2 heteroatoms. The molecule has 0 amide bonds. The Bertz CT molecular complexity index is 390. The molecule has 1 aliphatic rings. The number of hydrogen-bond donors (Lipinski definition) is 0. The van der Waals surface area contributed by atoms with E-state index < -0.39 is 0 Å². The lowest BCUT2D eigenvalue weighted by molar-refractivity contribution is -0.114. The van der Waals surface area contributed by atoms with Gasteiger partial charge in [-0.3, -0.25) is 9.78 Å². The highest BCUT2D eigenvalue weighted by molar-refractivity contribution is 5.97. The number of pyridine rings is 1. The first-order chi connectivity index (χ1) is 7.25. The zero-order valence-corrected chi connectivity index (χ0v) is 8.99. The SMILES string of the molecule is Cc1ccc(C2=CC(=O)CCCC2)cn1. The highest BCUT2D eigenvalue weighted by Crippen LogP contribution is 2.24. The monoisotopic (exact) mass is 201 g/mol. The zero-order chi connectivity index (χ0) is 10.7. The molecule has 1 heterocycles. The molecule has 0 fully saturated rings. The predicted molar refractivity (Wildman–Crippen MR) is 60.4 cm³/mol. The predicted octanol–water partition coefficient (Wildman–Crippen LogP) is 2.92. The van der Waals surface area contributed by atoms with E-state index in [9.17, 15) is 4.79 Å². The Balaban J connectivity index is 2.28. The van der Waals surface area contributed by atoms with Gasteiger partial charge in [-0.2, -0.15) is 0 Å². The van der Waals surface area contributed by atoms with Crippen LogP contribution in [0.3, 0.4) is 0 Å². The summed E-state index contributed by atoms with van der Waals surface area (Å²) in [6.07, 6.45) is 7.46. The smallest absolute Gasteiger partial charge is 0.155 e. The summed E-state index contributed by atoms with van der Waals surface area (Å²) in [5, 5.41) is 0. The van der Waals surface area contributed by atoms with Crippen LogP contribution in [0.15, 0.2) is 24.4 Å². The minimum atomic E-state index is 0.253. The van der Waals surface area contributed by atoms with Crippen molar-refractivity contribution in [2.24, 2.45) is 0 Å². The van der Waals surface area contributed by atoms with Crippen molar-refractivity contribution >= 4 is 11.4 Å². The van der Waals surface area contributed by atoms with Crippen molar-refractivity contribution in [2.75, 3.05) is 0 Å². The average Bonchev–Trinajstić information content (AvgIpc) is 2.44. The van der Waals surface area contributed by atoms with Gasteiger partial charge in [-0.1, -0.05) is 6.07 Å². The number of carbonyl (C=O) groups is 1. The van der Waals surface area contributed by atoms with Crippen LogP contribution in [0.1, 0.15) is 36.9 Å². The van der Waals surface area contributed by atoms with Crippen LogP contribution < -0.4 is 0 Å². The number of ketones is 1. The molecule has 0 saturated heterocycles. The van der Waals surface area contributed by atoms with Gasteiger partial charge in [-0.15, -0.1) is 0 Å². The van der Waals surface area contributed by atoms with E-state index in [-0.39, 0.29) is 5.78 Å². The number of rotatable bonds is 1. The third kappa shape index (κ3) is 2.52. The number of allylic oxidation sites excluding steroid dienone is 2. The van der Waals surface area contributed by atoms with Gasteiger partial charge in [0.2, 0.25) is 0 Å². The molecule has 15 heavy (non-hydrogen) atoms. The first-order valence-corrected chi connectivity index (χ1v) is 5.42. The maximum absolute atomic E-state index is 11.4. The molecule has 0 spiro atoms. The highest BCUT2D eigenvalue weighted by atomic mass is 16.1. The van der Waals surface area contributed by atoms with E-state index in [1.165, 1.54) is 0 Å². The lowest BCUT2D eigenvalue weighted by Gasteiger charge is -2.04. The van der Waals surface area contributed by atoms with Gasteiger partial charge in [0.05, 0.1) is 0 Å². The number of aryl methyl sites for hydroxylation is 1. The van der Waals surface area contributed by atoms with Crippen LogP contribution in [-0.4, -0.2) is 10.8 Å². The molecule has 0 unspecified atom stereocenters. The third-order valence-electron chi connectivity index (χ3n) is 2.74. The van der Waals surface area contributed by atoms with Crippen LogP contribution in [0.4, 0.5) is 0 Å². The molecule has 0 radical (unpaired) electrons. The van der Waals surface area contributed by atoms with Crippen LogP contribution in [0.2, 0.25) is 0 Å². The molecule has 1 aromatic heterocycles. The van der Waals surface area contributed by atoms with E-state index in [1.807, 2.05) is 25.3 Å². The molecule has 2 nitrogen and oxygen atoms in total. The summed E-state index contributed by atoms with van der Waals surface area (Å²) < 4.78 is 0. The maximum atomic E-state index is 11.4. The Labute approximate surface area is 90.0 Å². The fourth-order valence-corrected chi connectivity index (χ4v) is 1.84. The Morgan fingerprint density at radius 1 is 1.20 bits per heavy atom. The molecular weight excluding hydrogens is 186 g/mol. The fraction of sp³-hybridized carbons (Fsp3) is 0.385. The second kappa shape index (κ2) is 4.39. The zero-order valence-electron chi connectivity index (χ0n) is 8.99. The normalized spacial score (nSPS) is 17.1. The summed E-state index contributed by atoms with van der Waals surface area (Å²) in [6.45, 7) is 1.97. The van der Waals surface area contributed by atoms with Gasteiger partial charge >= 0.3 is 0 Å². The number of aromatic nitrogens is 1. The minimum Gasteiger partial charge on any atom is -0.295 e. The fourth-order valence-electron chi connectivity index (χ4n) is 1.84. The molecule has 78 valence electrons. The Kier molecular flexibility index (Phi) is 2.95. The topological polar surface area (TPSA) is 30.0 Å². The average molecular weight is 201 g/mol. The van der Waals surface area contributed by atoms with E-state index in [0.717, 1.165) is 36.1 Å². The van der Waals surface area contributed by atoms with E-state index in [2.05, 4.69) is 4.98 Å². The van der Waals surface area contributed by atoms with Gasteiger partial charge in [0.15, 0.2) is 5.78 Å². The Morgan fingerprint density at radius 2 is 2.00 bits per heavy atom. The Morgan fingerprint density at radius 3 is 2.73 bits per heavy atom. The second-order valence-corrected chi connectivity index (χ2v) is 4.03. The summed E-state index contributed by atoms with van der Waals surface area (Å²) in [7, 11) is 0. The van der Waals surface area contributed by atoms with Gasteiger partial charge in [-0.25, -0.2) is 0 Å². The molecule has 0 N–H and O–H groups in total. The summed E-state index contributed by atoms with van der Waals surface area (Å²) in [6, 6.07) is 4.04. The summed E-state index contributed by atoms with van der Waals surface area (Å²) in [5.74, 6) is 0.253. The van der Waals surface area contributed by atoms with E-state index >= 15 is 0 Å². The molecule has 0 aliphatic heterocycles. The molecule has 0 atom stereocenters. The highest BCUT2D eigenvalue weighted by Gasteiger charge is 2.09. The molecule has 1 aromatic rings. The van der Waals surface area contributed by atoms with Crippen LogP contribution >= 0.6 is 0 Å². The van der Waals surface area contributed by atoms with Crippen molar-refractivity contribution in [3.8, 4) is 0 Å². The molecule has 2 rings (SSSR count). The van der Waals surface area contributed by atoms with Crippen LogP contribution in [0.25, 0.3) is 5.57 Å². The molecular formula is C13H15NO. The third-order valence-corrected chi connectivity index (χ3v) is 2.74. The molecule has 0 saturated carbocycles. The van der Waals surface area contributed by atoms with Crippen molar-refractivity contribution in [3.05, 3.63) is 35.7 Å². The number of hydrogen-bond acceptors (Lipinski definition) is 2.